The number of sulfonamides is 1. The Hall–Kier alpha value is -2.58. The number of para-hydroxylation sites is 2. The summed E-state index contributed by atoms with van der Waals surface area (Å²) < 4.78 is 32.3. The Morgan fingerprint density at radius 1 is 1.06 bits per heavy atom. The predicted octanol–water partition coefficient (Wildman–Crippen LogP) is 2.91. The molecule has 0 aromatic heterocycles. The molecule has 7 nitrogen and oxygen atoms in total. The molecule has 172 valence electrons. The maximum atomic E-state index is 12.9. The minimum absolute atomic E-state index is 0.0337. The molecule has 0 aliphatic carbocycles. The number of rotatable bonds is 7. The average molecular weight is 458 g/mol. The Bertz CT molecular complexity index is 1050. The van der Waals surface area contributed by atoms with Crippen LogP contribution in [0.25, 0.3) is 0 Å². The molecule has 32 heavy (non-hydrogen) atoms. The van der Waals surface area contributed by atoms with E-state index in [1.807, 2.05) is 12.1 Å². The van der Waals surface area contributed by atoms with E-state index in [4.69, 9.17) is 4.74 Å². The summed E-state index contributed by atoms with van der Waals surface area (Å²) in [7, 11) is -3.52. The Morgan fingerprint density at radius 2 is 1.81 bits per heavy atom. The topological polar surface area (TPSA) is 79.0 Å². The number of hydrogen-bond donors (Lipinski definition) is 1. The standard InChI is InChI=1S/C24H31N3O4S/c1-2-32(29,30)27-18-23(31-22-12-5-4-11-21(22)27)24(28)25-16-19-9-8-10-20(15-19)17-26-13-6-3-7-14-26/h4-5,8-12,15,23H,2-3,6-7,13-14,16-18H2,1H3,(H,25,28)/t23-/m0/s1. The van der Waals surface area contributed by atoms with Gasteiger partial charge in [0.15, 0.2) is 6.10 Å². The first-order valence-electron chi connectivity index (χ1n) is 11.3. The van der Waals surface area contributed by atoms with Crippen LogP contribution in [0.1, 0.15) is 37.3 Å². The zero-order chi connectivity index (χ0) is 22.6. The Kier molecular flexibility index (Phi) is 7.01. The first-order chi connectivity index (χ1) is 15.5. The fraction of sp³-hybridized carbons (Fsp3) is 0.458. The molecule has 0 spiro atoms. The molecule has 8 heteroatoms. The van der Waals surface area contributed by atoms with Crippen molar-refractivity contribution in [3.05, 3.63) is 59.7 Å². The Morgan fingerprint density at radius 3 is 2.59 bits per heavy atom. The van der Waals surface area contributed by atoms with Crippen LogP contribution in [0, 0.1) is 0 Å². The maximum absolute atomic E-state index is 12.9. The number of likely N-dealkylation sites (tertiary alicyclic amines) is 1. The van der Waals surface area contributed by atoms with Crippen LogP contribution in [0.3, 0.4) is 0 Å². The normalized spacial score (nSPS) is 19.2. The first kappa shape index (κ1) is 22.6. The van der Waals surface area contributed by atoms with Gasteiger partial charge < -0.3 is 10.1 Å². The summed E-state index contributed by atoms with van der Waals surface area (Å²) in [5, 5.41) is 2.92. The molecule has 1 atom stereocenters. The smallest absolute Gasteiger partial charge is 0.263 e. The van der Waals surface area contributed by atoms with Crippen molar-refractivity contribution in [2.45, 2.75) is 45.4 Å². The zero-order valence-corrected chi connectivity index (χ0v) is 19.3. The van der Waals surface area contributed by atoms with Gasteiger partial charge in [-0.15, -0.1) is 0 Å². The third-order valence-electron chi connectivity index (χ3n) is 6.04. The molecule has 1 fully saturated rings. The molecule has 0 radical (unpaired) electrons. The van der Waals surface area contributed by atoms with Crippen LogP contribution in [-0.2, 0) is 27.9 Å². The highest BCUT2D eigenvalue weighted by Crippen LogP contribution is 2.35. The number of benzene rings is 2. The highest BCUT2D eigenvalue weighted by molar-refractivity contribution is 7.92. The number of ether oxygens (including phenoxy) is 1. The molecule has 1 saturated heterocycles. The monoisotopic (exact) mass is 457 g/mol. The van der Waals surface area contributed by atoms with E-state index in [1.165, 1.54) is 29.1 Å². The van der Waals surface area contributed by atoms with E-state index in [2.05, 4.69) is 22.3 Å². The second kappa shape index (κ2) is 9.92. The van der Waals surface area contributed by atoms with Crippen LogP contribution in [0.2, 0.25) is 0 Å². The minimum atomic E-state index is -3.52. The van der Waals surface area contributed by atoms with Gasteiger partial charge in [-0.25, -0.2) is 8.42 Å². The summed E-state index contributed by atoms with van der Waals surface area (Å²) in [6, 6.07) is 15.2. The third-order valence-corrected chi connectivity index (χ3v) is 7.79. The molecule has 0 saturated carbocycles. The summed E-state index contributed by atoms with van der Waals surface area (Å²) in [6.07, 6.45) is 2.92. The summed E-state index contributed by atoms with van der Waals surface area (Å²) in [6.45, 7) is 5.13. The van der Waals surface area contributed by atoms with Crippen molar-refractivity contribution in [3.8, 4) is 5.75 Å². The quantitative estimate of drug-likeness (QED) is 0.692. The number of nitrogens with zero attached hydrogens (tertiary/aromatic N) is 2. The van der Waals surface area contributed by atoms with Crippen molar-refractivity contribution in [2.75, 3.05) is 29.7 Å². The van der Waals surface area contributed by atoms with Gasteiger partial charge in [-0.2, -0.15) is 0 Å². The molecule has 2 aromatic carbocycles. The SMILES string of the molecule is CCS(=O)(=O)N1C[C@@H](C(=O)NCc2cccc(CN3CCCCC3)c2)Oc2ccccc21. The number of amides is 1. The molecule has 2 aromatic rings. The van der Waals surface area contributed by atoms with Crippen LogP contribution in [0.5, 0.6) is 5.75 Å². The van der Waals surface area contributed by atoms with Crippen LogP contribution in [-0.4, -0.2) is 50.7 Å². The van der Waals surface area contributed by atoms with Gasteiger partial charge >= 0.3 is 0 Å². The van der Waals surface area contributed by atoms with Crippen LogP contribution in [0.15, 0.2) is 48.5 Å². The maximum Gasteiger partial charge on any atom is 0.263 e. The lowest BCUT2D eigenvalue weighted by Gasteiger charge is -2.34. The van der Waals surface area contributed by atoms with E-state index in [9.17, 15) is 13.2 Å². The lowest BCUT2D eigenvalue weighted by atomic mass is 10.1. The van der Waals surface area contributed by atoms with Gasteiger partial charge in [0, 0.05) is 13.1 Å². The summed E-state index contributed by atoms with van der Waals surface area (Å²) in [5.41, 5.74) is 2.73. The van der Waals surface area contributed by atoms with E-state index in [1.54, 1.807) is 31.2 Å². The number of fused-ring (bicyclic) bond motifs is 1. The van der Waals surface area contributed by atoms with Gasteiger partial charge in [0.1, 0.15) is 5.75 Å². The first-order valence-corrected chi connectivity index (χ1v) is 12.9. The van der Waals surface area contributed by atoms with Crippen molar-refractivity contribution >= 4 is 21.6 Å². The lowest BCUT2D eigenvalue weighted by molar-refractivity contribution is -0.127. The number of nitrogens with one attached hydrogen (secondary N) is 1. The second-order valence-corrected chi connectivity index (χ2v) is 10.6. The molecule has 2 heterocycles. The number of carbonyl (C=O) groups is 1. The van der Waals surface area contributed by atoms with E-state index in [0.29, 0.717) is 18.0 Å². The molecule has 2 aliphatic rings. The van der Waals surface area contributed by atoms with E-state index in [0.717, 1.165) is 25.2 Å². The molecular weight excluding hydrogens is 426 g/mol. The number of anilines is 1. The zero-order valence-electron chi connectivity index (χ0n) is 18.5. The van der Waals surface area contributed by atoms with Crippen LogP contribution in [0.4, 0.5) is 5.69 Å². The molecule has 2 aliphatic heterocycles. The van der Waals surface area contributed by atoms with Gasteiger partial charge in [0.25, 0.3) is 5.91 Å². The molecule has 0 unspecified atom stereocenters. The molecule has 1 amide bonds. The Balaban J connectivity index is 1.40. The molecule has 0 bridgehead atoms. The number of piperidine rings is 1. The van der Waals surface area contributed by atoms with Crippen molar-refractivity contribution in [3.63, 3.8) is 0 Å². The predicted molar refractivity (Wildman–Crippen MR) is 125 cm³/mol. The summed E-state index contributed by atoms with van der Waals surface area (Å²) in [5.74, 6) is 0.0381. The second-order valence-electron chi connectivity index (χ2n) is 8.38. The third kappa shape index (κ3) is 5.24. The van der Waals surface area contributed by atoms with E-state index >= 15 is 0 Å². The van der Waals surface area contributed by atoms with Crippen molar-refractivity contribution < 1.29 is 17.9 Å². The van der Waals surface area contributed by atoms with Crippen molar-refractivity contribution in [1.82, 2.24) is 10.2 Å². The van der Waals surface area contributed by atoms with Gasteiger partial charge in [-0.1, -0.05) is 42.8 Å². The summed E-state index contributed by atoms with van der Waals surface area (Å²) >= 11 is 0. The average Bonchev–Trinajstić information content (AvgIpc) is 2.82. The lowest BCUT2D eigenvalue weighted by Crippen LogP contribution is -2.50. The fourth-order valence-electron chi connectivity index (χ4n) is 4.27. The molecule has 4 rings (SSSR count). The summed E-state index contributed by atoms with van der Waals surface area (Å²) in [4.78, 5) is 15.3. The molecule has 1 N–H and O–H groups in total. The highest BCUT2D eigenvalue weighted by atomic mass is 32.2. The van der Waals surface area contributed by atoms with Gasteiger partial charge in [-0.05, 0) is 56.1 Å². The number of carbonyl (C=O) groups excluding carboxylic acids is 1. The molecular formula is C24H31N3O4S. The van der Waals surface area contributed by atoms with Crippen LogP contribution >= 0.6 is 0 Å². The van der Waals surface area contributed by atoms with Gasteiger partial charge in [0.2, 0.25) is 10.0 Å². The van der Waals surface area contributed by atoms with E-state index in [-0.39, 0.29) is 18.2 Å². The minimum Gasteiger partial charge on any atom is -0.476 e. The highest BCUT2D eigenvalue weighted by Gasteiger charge is 2.35. The van der Waals surface area contributed by atoms with E-state index < -0.39 is 16.1 Å². The van der Waals surface area contributed by atoms with Gasteiger partial charge in [0.05, 0.1) is 18.0 Å². The Labute approximate surface area is 190 Å². The largest absolute Gasteiger partial charge is 0.476 e. The van der Waals surface area contributed by atoms with Crippen LogP contribution < -0.4 is 14.4 Å². The number of hydrogen-bond acceptors (Lipinski definition) is 5. The van der Waals surface area contributed by atoms with Crippen molar-refractivity contribution in [2.24, 2.45) is 0 Å². The van der Waals surface area contributed by atoms with Gasteiger partial charge in [-0.3, -0.25) is 14.0 Å². The van der Waals surface area contributed by atoms with Crippen molar-refractivity contribution in [1.29, 1.82) is 0 Å². The fourth-order valence-corrected chi connectivity index (χ4v) is 5.40.